The minimum atomic E-state index is -4.12. The summed E-state index contributed by atoms with van der Waals surface area (Å²) in [4.78, 5) is 3.81. The Bertz CT molecular complexity index is 266. The third-order valence-corrected chi connectivity index (χ3v) is 1.55. The molecule has 0 amide bonds. The molecule has 13 heavy (non-hydrogen) atoms. The van der Waals surface area contributed by atoms with E-state index in [0.29, 0.717) is 5.69 Å². The summed E-state index contributed by atoms with van der Waals surface area (Å²) >= 11 is 0. The number of aryl methyl sites for hydroxylation is 1. The zero-order valence-electron chi connectivity index (χ0n) is 6.88. The van der Waals surface area contributed by atoms with Crippen LogP contribution in [0.4, 0.5) is 13.2 Å². The predicted octanol–water partition coefficient (Wildman–Crippen LogP) is 1.29. The fourth-order valence-corrected chi connectivity index (χ4v) is 0.890. The predicted molar refractivity (Wildman–Crippen MR) is 40.8 cm³/mol. The van der Waals surface area contributed by atoms with Gasteiger partial charge < -0.3 is 10.3 Å². The van der Waals surface area contributed by atoms with E-state index in [9.17, 15) is 13.2 Å². The molecule has 0 unspecified atom stereocenters. The normalized spacial score (nSPS) is 12.0. The number of alkyl halides is 3. The first-order valence-corrected chi connectivity index (χ1v) is 3.79. The Morgan fingerprint density at radius 1 is 1.46 bits per heavy atom. The fourth-order valence-electron chi connectivity index (χ4n) is 0.890. The molecule has 0 saturated carbocycles. The summed E-state index contributed by atoms with van der Waals surface area (Å²) in [5.41, 5.74) is 5.85. The van der Waals surface area contributed by atoms with Crippen molar-refractivity contribution in [3.05, 3.63) is 18.2 Å². The van der Waals surface area contributed by atoms with E-state index in [-0.39, 0.29) is 13.1 Å². The number of hydrogen-bond donors (Lipinski definition) is 1. The largest absolute Gasteiger partial charge is 0.390 e. The molecule has 1 rings (SSSR count). The Morgan fingerprint density at radius 2 is 2.15 bits per heavy atom. The van der Waals surface area contributed by atoms with Gasteiger partial charge in [-0.2, -0.15) is 13.2 Å². The number of hydrogen-bond acceptors (Lipinski definition) is 2. The lowest BCUT2D eigenvalue weighted by atomic mass is 10.4. The highest BCUT2D eigenvalue weighted by Crippen LogP contribution is 2.20. The molecule has 2 N–H and O–H groups in total. The van der Waals surface area contributed by atoms with Crippen LogP contribution in [0.1, 0.15) is 12.1 Å². The van der Waals surface area contributed by atoms with Gasteiger partial charge in [-0.3, -0.25) is 0 Å². The molecule has 3 nitrogen and oxygen atoms in total. The summed E-state index contributed by atoms with van der Waals surface area (Å²) in [6, 6.07) is 0. The second-order valence-corrected chi connectivity index (χ2v) is 2.67. The summed E-state index contributed by atoms with van der Waals surface area (Å²) in [6.45, 7) is 0.148. The summed E-state index contributed by atoms with van der Waals surface area (Å²) in [5, 5.41) is 0. The van der Waals surface area contributed by atoms with Crippen LogP contribution < -0.4 is 5.73 Å². The van der Waals surface area contributed by atoms with Gasteiger partial charge in [0.05, 0.1) is 18.4 Å². The molecule has 0 radical (unpaired) electrons. The van der Waals surface area contributed by atoms with Crippen molar-refractivity contribution in [3.63, 3.8) is 0 Å². The Kier molecular flexibility index (Phi) is 2.92. The van der Waals surface area contributed by atoms with Gasteiger partial charge in [0.25, 0.3) is 0 Å². The molecule has 0 fully saturated rings. The van der Waals surface area contributed by atoms with Crippen molar-refractivity contribution in [2.45, 2.75) is 25.7 Å². The molecule has 0 atom stereocenters. The lowest BCUT2D eigenvalue weighted by Gasteiger charge is -2.05. The Labute approximate surface area is 73.4 Å². The third kappa shape index (κ3) is 3.45. The SMILES string of the molecule is NCc1cn(CCC(F)(F)F)cn1. The highest BCUT2D eigenvalue weighted by molar-refractivity contribution is 4.95. The summed E-state index contributed by atoms with van der Waals surface area (Å²) < 4.78 is 36.7. The van der Waals surface area contributed by atoms with E-state index in [1.54, 1.807) is 0 Å². The molecule has 0 saturated heterocycles. The molecule has 0 aliphatic rings. The van der Waals surface area contributed by atoms with Crippen LogP contribution in [0.25, 0.3) is 0 Å². The van der Waals surface area contributed by atoms with Gasteiger partial charge in [0.15, 0.2) is 0 Å². The van der Waals surface area contributed by atoms with Gasteiger partial charge in [-0.25, -0.2) is 4.98 Å². The standard InChI is InChI=1S/C7H10F3N3/c8-7(9,10)1-2-13-4-6(3-11)12-5-13/h4-5H,1-3,11H2. The van der Waals surface area contributed by atoms with Crippen molar-refractivity contribution in [2.24, 2.45) is 5.73 Å². The van der Waals surface area contributed by atoms with Crippen molar-refractivity contribution >= 4 is 0 Å². The molecule has 1 aromatic rings. The van der Waals surface area contributed by atoms with Crippen LogP contribution in [-0.4, -0.2) is 15.7 Å². The first-order chi connectivity index (χ1) is 6.01. The smallest absolute Gasteiger partial charge is 0.337 e. The zero-order valence-corrected chi connectivity index (χ0v) is 6.88. The van der Waals surface area contributed by atoms with Crippen LogP contribution >= 0.6 is 0 Å². The average Bonchev–Trinajstić information content (AvgIpc) is 2.47. The van der Waals surface area contributed by atoms with Gasteiger partial charge >= 0.3 is 6.18 Å². The van der Waals surface area contributed by atoms with Crippen molar-refractivity contribution in [1.82, 2.24) is 9.55 Å². The van der Waals surface area contributed by atoms with E-state index in [1.165, 1.54) is 17.1 Å². The third-order valence-electron chi connectivity index (χ3n) is 1.55. The number of aromatic nitrogens is 2. The lowest BCUT2D eigenvalue weighted by molar-refractivity contribution is -0.136. The van der Waals surface area contributed by atoms with Gasteiger partial charge in [-0.15, -0.1) is 0 Å². The van der Waals surface area contributed by atoms with Gasteiger partial charge in [0.2, 0.25) is 0 Å². The highest BCUT2D eigenvalue weighted by Gasteiger charge is 2.26. The van der Waals surface area contributed by atoms with Crippen LogP contribution in [0.2, 0.25) is 0 Å². The minimum Gasteiger partial charge on any atom is -0.337 e. The molecule has 0 aliphatic heterocycles. The number of nitrogens with zero attached hydrogens (tertiary/aromatic N) is 2. The van der Waals surface area contributed by atoms with Gasteiger partial charge in [-0.1, -0.05) is 0 Å². The molecule has 6 heteroatoms. The lowest BCUT2D eigenvalue weighted by Crippen LogP contribution is -2.11. The summed E-state index contributed by atoms with van der Waals surface area (Å²) in [6.07, 6.45) is -2.08. The molecule has 0 aromatic carbocycles. The van der Waals surface area contributed by atoms with Crippen LogP contribution in [0.3, 0.4) is 0 Å². The van der Waals surface area contributed by atoms with E-state index < -0.39 is 12.6 Å². The first kappa shape index (κ1) is 10.0. The molecule has 0 spiro atoms. The molecule has 1 aromatic heterocycles. The second-order valence-electron chi connectivity index (χ2n) is 2.67. The Balaban J connectivity index is 2.46. The van der Waals surface area contributed by atoms with E-state index >= 15 is 0 Å². The molecule has 0 bridgehead atoms. The minimum absolute atomic E-state index is 0.101. The molecule has 1 heterocycles. The van der Waals surface area contributed by atoms with Crippen molar-refractivity contribution in [3.8, 4) is 0 Å². The maximum Gasteiger partial charge on any atom is 0.390 e. The zero-order chi connectivity index (χ0) is 9.90. The first-order valence-electron chi connectivity index (χ1n) is 3.79. The number of halogens is 3. The van der Waals surface area contributed by atoms with E-state index in [4.69, 9.17) is 5.73 Å². The highest BCUT2D eigenvalue weighted by atomic mass is 19.4. The number of imidazole rings is 1. The Morgan fingerprint density at radius 3 is 2.62 bits per heavy atom. The van der Waals surface area contributed by atoms with E-state index in [1.807, 2.05) is 0 Å². The number of nitrogens with two attached hydrogens (primary N) is 1. The topological polar surface area (TPSA) is 43.8 Å². The van der Waals surface area contributed by atoms with Crippen molar-refractivity contribution in [1.29, 1.82) is 0 Å². The van der Waals surface area contributed by atoms with Gasteiger partial charge in [0.1, 0.15) is 0 Å². The second kappa shape index (κ2) is 3.78. The van der Waals surface area contributed by atoms with E-state index in [2.05, 4.69) is 4.98 Å². The van der Waals surface area contributed by atoms with Gasteiger partial charge in [0, 0.05) is 19.3 Å². The fraction of sp³-hybridized carbons (Fsp3) is 0.571. The maximum atomic E-state index is 11.8. The maximum absolute atomic E-state index is 11.8. The Hall–Kier alpha value is -1.04. The summed E-state index contributed by atoms with van der Waals surface area (Å²) in [5.74, 6) is 0. The van der Waals surface area contributed by atoms with Crippen LogP contribution in [0.15, 0.2) is 12.5 Å². The van der Waals surface area contributed by atoms with Crippen LogP contribution in [-0.2, 0) is 13.1 Å². The summed E-state index contributed by atoms with van der Waals surface area (Å²) in [7, 11) is 0. The molecule has 0 aliphatic carbocycles. The van der Waals surface area contributed by atoms with E-state index in [0.717, 1.165) is 0 Å². The van der Waals surface area contributed by atoms with Crippen molar-refractivity contribution < 1.29 is 13.2 Å². The van der Waals surface area contributed by atoms with Gasteiger partial charge in [-0.05, 0) is 0 Å². The molecular formula is C7H10F3N3. The number of rotatable bonds is 3. The van der Waals surface area contributed by atoms with Crippen LogP contribution in [0.5, 0.6) is 0 Å². The van der Waals surface area contributed by atoms with Crippen LogP contribution in [0, 0.1) is 0 Å². The molecule has 74 valence electrons. The monoisotopic (exact) mass is 193 g/mol. The van der Waals surface area contributed by atoms with Crippen molar-refractivity contribution in [2.75, 3.05) is 0 Å². The quantitative estimate of drug-likeness (QED) is 0.786. The average molecular weight is 193 g/mol. The molecular weight excluding hydrogens is 183 g/mol.